The average molecular weight is 154 g/mol. The van der Waals surface area contributed by atoms with Crippen LogP contribution in [0.3, 0.4) is 0 Å². The van der Waals surface area contributed by atoms with Gasteiger partial charge >= 0.3 is 0 Å². The molecule has 0 spiro atoms. The lowest BCUT2D eigenvalue weighted by Crippen LogP contribution is -1.83. The molecule has 0 aromatic rings. The van der Waals surface area contributed by atoms with Gasteiger partial charge in [0, 0.05) is 0 Å². The minimum Gasteiger partial charge on any atom is -0.493 e. The van der Waals surface area contributed by atoms with E-state index < -0.39 is 0 Å². The van der Waals surface area contributed by atoms with E-state index in [1.165, 1.54) is 0 Å². The van der Waals surface area contributed by atoms with E-state index in [0.717, 1.165) is 17.6 Å². The normalized spacial score (nSPS) is 13.1. The summed E-state index contributed by atoms with van der Waals surface area (Å²) in [5, 5.41) is 0. The Bertz CT molecular complexity index is 139. The highest BCUT2D eigenvalue weighted by atomic mass is 16.5. The fraction of sp³-hybridized carbons (Fsp3) is 0.556. The third-order valence-corrected chi connectivity index (χ3v) is 1.08. The molecule has 2 heteroatoms. The molecule has 0 rings (SSSR count). The van der Waals surface area contributed by atoms with Crippen molar-refractivity contribution >= 4 is 0 Å². The third-order valence-electron chi connectivity index (χ3n) is 1.08. The summed E-state index contributed by atoms with van der Waals surface area (Å²) in [7, 11) is 3.17. The van der Waals surface area contributed by atoms with Gasteiger partial charge in [0.1, 0.15) is 0 Å². The van der Waals surface area contributed by atoms with Gasteiger partial charge in [-0.2, -0.15) is 0 Å². The Balaban J connectivity index is 3.84. The molecule has 0 saturated carbocycles. The molecule has 0 atom stereocenters. The molecule has 0 saturated heterocycles. The fourth-order valence-corrected chi connectivity index (χ4v) is 0.818. The first-order valence-electron chi connectivity index (χ1n) is 3.43. The fourth-order valence-electron chi connectivity index (χ4n) is 0.818. The van der Waals surface area contributed by atoms with Gasteiger partial charge in [-0.1, -0.05) is 0 Å². The third kappa shape index (κ3) is 5.52. The molecule has 0 N–H and O–H groups in total. The van der Waals surface area contributed by atoms with E-state index in [1.54, 1.807) is 14.2 Å². The van der Waals surface area contributed by atoms with Crippen LogP contribution in [0.15, 0.2) is 11.1 Å². The van der Waals surface area contributed by atoms with E-state index in [-0.39, 0.29) is 0 Å². The van der Waals surface area contributed by atoms with Crippen LogP contribution in [-0.2, 0) is 9.47 Å². The molecule has 2 nitrogen and oxygen atoms in total. The zero-order chi connectivity index (χ0) is 8.69. The summed E-state index contributed by atoms with van der Waals surface area (Å²) in [4.78, 5) is 0. The smallest absolute Gasteiger partial charge is 0.159 e. The topological polar surface area (TPSA) is 18.5 Å². The molecule has 0 aromatic carbocycles. The Morgan fingerprint density at radius 3 is 1.64 bits per heavy atom. The number of rotatable bonds is 4. The van der Waals surface area contributed by atoms with Crippen LogP contribution in [0.2, 0.25) is 0 Å². The van der Waals surface area contributed by atoms with Crippen molar-refractivity contribution in [3.63, 3.8) is 0 Å². The van der Waals surface area contributed by atoms with Crippen LogP contribution in [0.4, 0.5) is 0 Å². The first kappa shape index (κ1) is 10.1. The molecule has 0 heterocycles. The number of hydrogen-bond acceptors (Lipinski definition) is 2. The van der Waals surface area contributed by atoms with Crippen molar-refractivity contribution in [2.75, 3.05) is 14.2 Å². The zero-order valence-corrected chi connectivity index (χ0v) is 7.52. The second-order valence-corrected chi connectivity index (χ2v) is 2.35. The average Bonchev–Trinajstić information content (AvgIpc) is 1.87. The minimum atomic E-state index is 0.793. The van der Waals surface area contributed by atoms with Crippen LogP contribution in [0.5, 0.6) is 0 Å². The highest BCUT2D eigenvalue weighted by molar-refractivity contribution is 5.04. The molecular formula is C9H14O2. The van der Waals surface area contributed by atoms with Crippen LogP contribution in [-0.4, -0.2) is 14.2 Å². The monoisotopic (exact) mass is 154 g/mol. The van der Waals surface area contributed by atoms with Crippen LogP contribution in [0.25, 0.3) is 0 Å². The van der Waals surface area contributed by atoms with Crippen molar-refractivity contribution in [2.24, 2.45) is 0 Å². The summed E-state index contributed by atoms with van der Waals surface area (Å²) in [6, 6.07) is 0. The van der Waals surface area contributed by atoms with Crippen LogP contribution >= 0.6 is 0 Å². The molecule has 0 fully saturated rings. The van der Waals surface area contributed by atoms with Gasteiger partial charge < -0.3 is 9.47 Å². The summed E-state index contributed by atoms with van der Waals surface area (Å²) in [5.74, 6) is 0. The zero-order valence-electron chi connectivity index (χ0n) is 7.52. The maximum atomic E-state index is 4.71. The minimum absolute atomic E-state index is 0.793. The standard InChI is InChI=1S/C9H14O2/c1-8(6-10-3)5-9(2)7-11-4/h5H2,1-4H3. The number of hydrogen-bond donors (Lipinski definition) is 0. The maximum absolute atomic E-state index is 4.71. The summed E-state index contributed by atoms with van der Waals surface area (Å²) < 4.78 is 9.43. The first-order valence-corrected chi connectivity index (χ1v) is 3.43. The Morgan fingerprint density at radius 2 is 1.36 bits per heavy atom. The summed E-state index contributed by atoms with van der Waals surface area (Å²) in [6.07, 6.45) is 6.26. The first-order chi connectivity index (χ1) is 5.20. The van der Waals surface area contributed by atoms with E-state index in [2.05, 4.69) is 12.5 Å². The molecule has 0 aliphatic carbocycles. The summed E-state index contributed by atoms with van der Waals surface area (Å²) in [5.41, 5.74) is 2.07. The van der Waals surface area contributed by atoms with Crippen LogP contribution in [0.1, 0.15) is 20.3 Å². The van der Waals surface area contributed by atoms with E-state index >= 15 is 0 Å². The highest BCUT2D eigenvalue weighted by Gasteiger charge is 1.93. The van der Waals surface area contributed by atoms with Gasteiger partial charge in [-0.3, -0.25) is 0 Å². The molecule has 0 aliphatic heterocycles. The van der Waals surface area contributed by atoms with Gasteiger partial charge in [-0.05, 0) is 31.4 Å². The van der Waals surface area contributed by atoms with E-state index in [1.807, 2.05) is 13.8 Å². The van der Waals surface area contributed by atoms with Gasteiger partial charge in [0.25, 0.3) is 0 Å². The molecule has 62 valence electrons. The molecule has 0 bridgehead atoms. The summed E-state index contributed by atoms with van der Waals surface area (Å²) >= 11 is 0. The molecule has 2 radical (unpaired) electrons. The predicted molar refractivity (Wildman–Crippen MR) is 43.5 cm³/mol. The Labute approximate surface area is 68.5 Å². The predicted octanol–water partition coefficient (Wildman–Crippen LogP) is 2.08. The molecule has 0 amide bonds. The van der Waals surface area contributed by atoms with E-state index in [9.17, 15) is 0 Å². The number of methoxy groups -OCH3 is 2. The van der Waals surface area contributed by atoms with Crippen molar-refractivity contribution in [1.82, 2.24) is 0 Å². The number of ether oxygens (including phenoxy) is 2. The van der Waals surface area contributed by atoms with Crippen LogP contribution in [0, 0.1) is 12.5 Å². The Kier molecular flexibility index (Phi) is 5.35. The lowest BCUT2D eigenvalue weighted by Gasteiger charge is -1.98. The largest absolute Gasteiger partial charge is 0.493 e. The molecular weight excluding hydrogens is 140 g/mol. The van der Waals surface area contributed by atoms with Gasteiger partial charge in [-0.25, -0.2) is 0 Å². The maximum Gasteiger partial charge on any atom is 0.159 e. The second-order valence-electron chi connectivity index (χ2n) is 2.35. The second kappa shape index (κ2) is 5.83. The SMILES string of the molecule is CO/[C]=C(/C)C/C(C)=[C]\OC. The molecule has 0 aliphatic rings. The van der Waals surface area contributed by atoms with E-state index in [0.29, 0.717) is 0 Å². The highest BCUT2D eigenvalue weighted by Crippen LogP contribution is 2.08. The lowest BCUT2D eigenvalue weighted by atomic mass is 10.1. The van der Waals surface area contributed by atoms with Crippen LogP contribution < -0.4 is 0 Å². The number of allylic oxidation sites excluding steroid dienone is 2. The summed E-state index contributed by atoms with van der Waals surface area (Å²) in [6.45, 7) is 3.90. The quantitative estimate of drug-likeness (QED) is 0.577. The molecule has 0 unspecified atom stereocenters. The Hall–Kier alpha value is -0.920. The van der Waals surface area contributed by atoms with Crippen molar-refractivity contribution < 1.29 is 9.47 Å². The van der Waals surface area contributed by atoms with Gasteiger partial charge in [0.2, 0.25) is 0 Å². The van der Waals surface area contributed by atoms with Gasteiger partial charge in [-0.15, -0.1) is 0 Å². The molecule has 11 heavy (non-hydrogen) atoms. The van der Waals surface area contributed by atoms with E-state index in [4.69, 9.17) is 9.47 Å². The van der Waals surface area contributed by atoms with Crippen molar-refractivity contribution in [3.05, 3.63) is 23.7 Å². The van der Waals surface area contributed by atoms with Crippen molar-refractivity contribution in [3.8, 4) is 0 Å². The molecule has 0 aromatic heterocycles. The lowest BCUT2D eigenvalue weighted by molar-refractivity contribution is 0.303. The van der Waals surface area contributed by atoms with Gasteiger partial charge in [0.15, 0.2) is 12.5 Å². The van der Waals surface area contributed by atoms with Crippen molar-refractivity contribution in [2.45, 2.75) is 20.3 Å². The van der Waals surface area contributed by atoms with Crippen molar-refractivity contribution in [1.29, 1.82) is 0 Å². The van der Waals surface area contributed by atoms with Gasteiger partial charge in [0.05, 0.1) is 14.2 Å². The Morgan fingerprint density at radius 1 is 1.00 bits per heavy atom.